The highest BCUT2D eigenvalue weighted by atomic mass is 35.5. The summed E-state index contributed by atoms with van der Waals surface area (Å²) in [6, 6.07) is 8.80. The Morgan fingerprint density at radius 3 is 2.67 bits per heavy atom. The summed E-state index contributed by atoms with van der Waals surface area (Å²) in [5.41, 5.74) is -0.00680. The fourth-order valence-electron chi connectivity index (χ4n) is 1.29. The molecule has 0 aliphatic rings. The summed E-state index contributed by atoms with van der Waals surface area (Å²) in [6.07, 6.45) is 0. The molecule has 0 radical (unpaired) electrons. The summed E-state index contributed by atoms with van der Waals surface area (Å²) < 4.78 is 13.5. The van der Waals surface area contributed by atoms with Gasteiger partial charge in [0.05, 0.1) is 5.56 Å². The molecule has 1 N–H and O–H groups in total. The molecule has 0 spiro atoms. The first kappa shape index (κ1) is 12.9. The van der Waals surface area contributed by atoms with Gasteiger partial charge >= 0.3 is 5.97 Å². The van der Waals surface area contributed by atoms with Crippen LogP contribution < -0.4 is 0 Å². The smallest absolute Gasteiger partial charge is 0.338 e. The number of hydrogen-bond donors (Lipinski definition) is 1. The van der Waals surface area contributed by atoms with Gasteiger partial charge in [-0.3, -0.25) is 0 Å². The van der Waals surface area contributed by atoms with E-state index in [4.69, 9.17) is 16.7 Å². The summed E-state index contributed by atoms with van der Waals surface area (Å²) in [6.45, 7) is 0. The summed E-state index contributed by atoms with van der Waals surface area (Å²) in [5.74, 6) is -1.56. The average molecular weight is 284 g/mol. The molecule has 92 valence electrons. The molecule has 3 nitrogen and oxygen atoms in total. The molecule has 18 heavy (non-hydrogen) atoms. The molecule has 0 saturated heterocycles. The molecule has 2 aromatic rings. The highest BCUT2D eigenvalue weighted by Gasteiger charge is 2.14. The van der Waals surface area contributed by atoms with Crippen LogP contribution in [-0.2, 0) is 0 Å². The monoisotopic (exact) mass is 283 g/mol. The standard InChI is InChI=1S/C12H7ClFNO2S/c13-10-6-5-7(12(16)17)11(15-10)18-9-4-2-1-3-8(9)14/h1-6H,(H,16,17). The molecule has 2 rings (SSSR count). The zero-order valence-electron chi connectivity index (χ0n) is 8.93. The molecule has 0 saturated carbocycles. The average Bonchev–Trinajstić information content (AvgIpc) is 2.32. The van der Waals surface area contributed by atoms with Gasteiger partial charge in [0.15, 0.2) is 0 Å². The summed E-state index contributed by atoms with van der Waals surface area (Å²) in [7, 11) is 0. The quantitative estimate of drug-likeness (QED) is 0.872. The molecular formula is C12H7ClFNO2S. The van der Waals surface area contributed by atoms with Crippen molar-refractivity contribution < 1.29 is 14.3 Å². The Morgan fingerprint density at radius 1 is 1.28 bits per heavy atom. The Kier molecular flexibility index (Phi) is 3.84. The van der Waals surface area contributed by atoms with Gasteiger partial charge in [-0.25, -0.2) is 14.2 Å². The first-order valence-corrected chi connectivity index (χ1v) is 6.09. The van der Waals surface area contributed by atoms with Crippen LogP contribution in [0.3, 0.4) is 0 Å². The van der Waals surface area contributed by atoms with E-state index in [-0.39, 0.29) is 15.7 Å². The number of halogens is 2. The molecule has 1 aromatic carbocycles. The SMILES string of the molecule is O=C(O)c1ccc(Cl)nc1Sc1ccccc1F. The lowest BCUT2D eigenvalue weighted by molar-refractivity contribution is 0.0692. The Hall–Kier alpha value is -1.59. The van der Waals surface area contributed by atoms with E-state index in [0.29, 0.717) is 4.90 Å². The van der Waals surface area contributed by atoms with Crippen LogP contribution in [0.15, 0.2) is 46.3 Å². The summed E-state index contributed by atoms with van der Waals surface area (Å²) in [5, 5.41) is 9.35. The minimum Gasteiger partial charge on any atom is -0.478 e. The topological polar surface area (TPSA) is 50.2 Å². The third-order valence-corrected chi connectivity index (χ3v) is 3.37. The van der Waals surface area contributed by atoms with Crippen molar-refractivity contribution in [2.45, 2.75) is 9.92 Å². The van der Waals surface area contributed by atoms with Crippen LogP contribution in [-0.4, -0.2) is 16.1 Å². The van der Waals surface area contributed by atoms with E-state index in [2.05, 4.69) is 4.98 Å². The van der Waals surface area contributed by atoms with Crippen molar-refractivity contribution in [1.82, 2.24) is 4.98 Å². The molecule has 0 amide bonds. The van der Waals surface area contributed by atoms with E-state index in [1.54, 1.807) is 18.2 Å². The number of carboxylic acid groups (broad SMARTS) is 1. The van der Waals surface area contributed by atoms with E-state index >= 15 is 0 Å². The lowest BCUT2D eigenvalue weighted by Gasteiger charge is -2.05. The molecule has 0 atom stereocenters. The number of pyridine rings is 1. The third kappa shape index (κ3) is 2.80. The molecule has 1 aromatic heterocycles. The fourth-order valence-corrected chi connectivity index (χ4v) is 2.42. The summed E-state index contributed by atoms with van der Waals surface area (Å²) >= 11 is 6.65. The first-order valence-electron chi connectivity index (χ1n) is 4.90. The fraction of sp³-hybridized carbons (Fsp3) is 0. The van der Waals surface area contributed by atoms with E-state index in [9.17, 15) is 9.18 Å². The lowest BCUT2D eigenvalue weighted by Crippen LogP contribution is -2.00. The molecular weight excluding hydrogens is 277 g/mol. The second-order valence-electron chi connectivity index (χ2n) is 3.32. The van der Waals surface area contributed by atoms with Gasteiger partial charge in [0.25, 0.3) is 0 Å². The van der Waals surface area contributed by atoms with Crippen molar-refractivity contribution in [2.24, 2.45) is 0 Å². The van der Waals surface area contributed by atoms with Crippen molar-refractivity contribution >= 4 is 29.3 Å². The number of hydrogen-bond acceptors (Lipinski definition) is 3. The second-order valence-corrected chi connectivity index (χ2v) is 4.74. The Labute approximate surface area is 112 Å². The van der Waals surface area contributed by atoms with Crippen molar-refractivity contribution in [3.05, 3.63) is 52.9 Å². The minimum absolute atomic E-state index is 0.00680. The maximum atomic E-state index is 13.5. The van der Waals surface area contributed by atoms with Gasteiger partial charge in [0.2, 0.25) is 0 Å². The predicted molar refractivity (Wildman–Crippen MR) is 66.7 cm³/mol. The normalized spacial score (nSPS) is 10.3. The van der Waals surface area contributed by atoms with Crippen molar-refractivity contribution in [3.63, 3.8) is 0 Å². The van der Waals surface area contributed by atoms with Gasteiger partial charge in [0, 0.05) is 4.90 Å². The number of rotatable bonds is 3. The lowest BCUT2D eigenvalue weighted by atomic mass is 10.3. The van der Waals surface area contributed by atoms with Gasteiger partial charge in [0.1, 0.15) is 16.0 Å². The van der Waals surface area contributed by atoms with E-state index in [1.807, 2.05) is 0 Å². The minimum atomic E-state index is -1.13. The van der Waals surface area contributed by atoms with Gasteiger partial charge < -0.3 is 5.11 Å². The number of carboxylic acids is 1. The molecule has 6 heteroatoms. The molecule has 0 unspecified atom stereocenters. The molecule has 1 heterocycles. The van der Waals surface area contributed by atoms with Gasteiger partial charge in [-0.2, -0.15) is 0 Å². The molecule has 0 aliphatic carbocycles. The highest BCUT2D eigenvalue weighted by Crippen LogP contribution is 2.31. The largest absolute Gasteiger partial charge is 0.478 e. The van der Waals surface area contributed by atoms with Crippen LogP contribution in [0, 0.1) is 5.82 Å². The third-order valence-electron chi connectivity index (χ3n) is 2.10. The number of carbonyl (C=O) groups is 1. The van der Waals surface area contributed by atoms with Crippen LogP contribution in [0.2, 0.25) is 5.15 Å². The van der Waals surface area contributed by atoms with Crippen LogP contribution in [0.4, 0.5) is 4.39 Å². The van der Waals surface area contributed by atoms with Gasteiger partial charge in [-0.15, -0.1) is 0 Å². The van der Waals surface area contributed by atoms with Gasteiger partial charge in [-0.1, -0.05) is 35.5 Å². The first-order chi connectivity index (χ1) is 8.58. The summed E-state index contributed by atoms with van der Waals surface area (Å²) in [4.78, 5) is 15.2. The number of aromatic nitrogens is 1. The van der Waals surface area contributed by atoms with Crippen LogP contribution >= 0.6 is 23.4 Å². The van der Waals surface area contributed by atoms with E-state index < -0.39 is 11.8 Å². The number of nitrogens with zero attached hydrogens (tertiary/aromatic N) is 1. The van der Waals surface area contributed by atoms with Crippen LogP contribution in [0.5, 0.6) is 0 Å². The van der Waals surface area contributed by atoms with Crippen molar-refractivity contribution in [2.75, 3.05) is 0 Å². The van der Waals surface area contributed by atoms with E-state index in [0.717, 1.165) is 11.8 Å². The Morgan fingerprint density at radius 2 is 2.00 bits per heavy atom. The maximum Gasteiger partial charge on any atom is 0.338 e. The van der Waals surface area contributed by atoms with Crippen LogP contribution in [0.1, 0.15) is 10.4 Å². The Bertz CT molecular complexity index is 606. The maximum absolute atomic E-state index is 13.5. The Balaban J connectivity index is 2.42. The van der Waals surface area contributed by atoms with Gasteiger partial charge in [-0.05, 0) is 24.3 Å². The van der Waals surface area contributed by atoms with Crippen molar-refractivity contribution in [3.8, 4) is 0 Å². The molecule has 0 fully saturated rings. The van der Waals surface area contributed by atoms with E-state index in [1.165, 1.54) is 18.2 Å². The van der Waals surface area contributed by atoms with Crippen molar-refractivity contribution in [1.29, 1.82) is 0 Å². The molecule has 0 bridgehead atoms. The zero-order chi connectivity index (χ0) is 13.1. The predicted octanol–water partition coefficient (Wildman–Crippen LogP) is 3.72. The number of aromatic carboxylic acids is 1. The number of benzene rings is 1. The second kappa shape index (κ2) is 5.37. The zero-order valence-corrected chi connectivity index (χ0v) is 10.5. The molecule has 0 aliphatic heterocycles. The highest BCUT2D eigenvalue weighted by molar-refractivity contribution is 7.99. The van der Waals surface area contributed by atoms with Crippen LogP contribution in [0.25, 0.3) is 0 Å².